The number of carbonyl (C=O) groups excluding carboxylic acids is 2. The van der Waals surface area contributed by atoms with Crippen LogP contribution in [0.25, 0.3) is 10.9 Å². The summed E-state index contributed by atoms with van der Waals surface area (Å²) in [7, 11) is -2.02. The van der Waals surface area contributed by atoms with E-state index in [1.165, 1.54) is 6.07 Å². The number of anilines is 1. The van der Waals surface area contributed by atoms with E-state index in [1.54, 1.807) is 53.7 Å². The first-order valence-electron chi connectivity index (χ1n) is 13.3. The predicted octanol–water partition coefficient (Wildman–Crippen LogP) is 7.77. The number of amides is 2. The molecule has 0 aliphatic heterocycles. The summed E-state index contributed by atoms with van der Waals surface area (Å²) in [5, 5.41) is 0.413. The molecular weight excluding hydrogens is 496 g/mol. The third-order valence-electron chi connectivity index (χ3n) is 6.51. The Kier molecular flexibility index (Phi) is 9.32. The monoisotopic (exact) mass is 540 g/mol. The van der Waals surface area contributed by atoms with Gasteiger partial charge in [0.2, 0.25) is 0 Å². The molecule has 0 saturated carbocycles. The van der Waals surface area contributed by atoms with Crippen LogP contribution in [0.2, 0.25) is 16.6 Å². The second-order valence-corrected chi connectivity index (χ2v) is 18.3. The summed E-state index contributed by atoms with van der Waals surface area (Å²) < 4.78 is 10.9. The number of hydrogen-bond donors (Lipinski definition) is 1. The van der Waals surface area contributed by atoms with Crippen molar-refractivity contribution in [2.24, 2.45) is 0 Å². The molecule has 0 fully saturated rings. The molecule has 2 aromatic rings. The summed E-state index contributed by atoms with van der Waals surface area (Å²) in [5.41, 5.74) is 4.01. The molecule has 208 valence electrons. The van der Waals surface area contributed by atoms with Crippen LogP contribution in [0.1, 0.15) is 88.6 Å². The molecule has 7 nitrogen and oxygen atoms in total. The van der Waals surface area contributed by atoms with Crippen molar-refractivity contribution in [2.45, 2.75) is 111 Å². The molecule has 38 heavy (non-hydrogen) atoms. The molecule has 0 aliphatic rings. The van der Waals surface area contributed by atoms with E-state index in [9.17, 15) is 14.4 Å². The lowest BCUT2D eigenvalue weighted by Gasteiger charge is -2.38. The van der Waals surface area contributed by atoms with Crippen LogP contribution in [0.5, 0.6) is 0 Å². The number of fused-ring (bicyclic) bond motifs is 1. The van der Waals surface area contributed by atoms with Crippen LogP contribution < -0.4 is 10.3 Å². The smallest absolute Gasteiger partial charge is 0.425 e. The summed E-state index contributed by atoms with van der Waals surface area (Å²) in [6, 6.07) is 6.59. The summed E-state index contributed by atoms with van der Waals surface area (Å²) in [6.45, 7) is 23.6. The van der Waals surface area contributed by atoms with Gasteiger partial charge in [0.25, 0.3) is 0 Å². The Balaban J connectivity index is 2.73. The van der Waals surface area contributed by atoms with Gasteiger partial charge in [0.15, 0.2) is 5.43 Å². The number of imide groups is 1. The van der Waals surface area contributed by atoms with Crippen LogP contribution >= 0.6 is 0 Å². The highest BCUT2D eigenvalue weighted by Gasteiger charge is 2.41. The summed E-state index contributed by atoms with van der Waals surface area (Å²) in [4.78, 5) is 43.4. The van der Waals surface area contributed by atoms with Crippen LogP contribution in [0.3, 0.4) is 0 Å². The highest BCUT2D eigenvalue weighted by Crippen LogP contribution is 2.40. The number of aromatic amines is 1. The highest BCUT2D eigenvalue weighted by atomic mass is 28.3. The van der Waals surface area contributed by atoms with Crippen molar-refractivity contribution in [2.75, 3.05) is 4.90 Å². The van der Waals surface area contributed by atoms with Gasteiger partial charge in [-0.25, -0.2) is 9.59 Å². The maximum absolute atomic E-state index is 13.5. The fourth-order valence-electron chi connectivity index (χ4n) is 5.01. The van der Waals surface area contributed by atoms with Gasteiger partial charge < -0.3 is 14.5 Å². The van der Waals surface area contributed by atoms with Crippen molar-refractivity contribution in [3.05, 3.63) is 40.1 Å². The van der Waals surface area contributed by atoms with E-state index in [1.807, 2.05) is 6.07 Å². The van der Waals surface area contributed by atoms with Crippen molar-refractivity contribution in [3.63, 3.8) is 0 Å². The lowest BCUT2D eigenvalue weighted by molar-refractivity contribution is 0.0429. The minimum Gasteiger partial charge on any atom is -0.443 e. The van der Waals surface area contributed by atoms with Crippen LogP contribution in [0, 0.1) is 11.5 Å². The Bertz CT molecular complexity index is 1250. The van der Waals surface area contributed by atoms with Crippen molar-refractivity contribution in [3.8, 4) is 11.5 Å². The zero-order valence-corrected chi connectivity index (χ0v) is 26.0. The Hall–Kier alpha value is -3.05. The molecule has 0 unspecified atom stereocenters. The number of carbonyl (C=O) groups is 2. The van der Waals surface area contributed by atoms with Gasteiger partial charge in [0.05, 0.1) is 10.9 Å². The molecule has 8 heteroatoms. The van der Waals surface area contributed by atoms with Gasteiger partial charge >= 0.3 is 12.2 Å². The number of benzene rings is 1. The third kappa shape index (κ3) is 7.07. The molecule has 1 aromatic heterocycles. The van der Waals surface area contributed by atoms with E-state index in [0.29, 0.717) is 33.1 Å². The minimum absolute atomic E-state index is 0.0358. The van der Waals surface area contributed by atoms with E-state index >= 15 is 0 Å². The van der Waals surface area contributed by atoms with E-state index < -0.39 is 31.5 Å². The second kappa shape index (κ2) is 11.4. The number of nitrogens with zero attached hydrogens (tertiary/aromatic N) is 1. The zero-order valence-electron chi connectivity index (χ0n) is 25.0. The van der Waals surface area contributed by atoms with E-state index in [4.69, 9.17) is 9.47 Å². The fraction of sp³-hybridized carbons (Fsp3) is 0.567. The minimum atomic E-state index is -2.02. The van der Waals surface area contributed by atoms with E-state index in [2.05, 4.69) is 58.0 Å². The van der Waals surface area contributed by atoms with Gasteiger partial charge in [-0.15, -0.1) is 5.54 Å². The van der Waals surface area contributed by atoms with Crippen LogP contribution in [-0.2, 0) is 9.47 Å². The summed E-state index contributed by atoms with van der Waals surface area (Å²) in [6.07, 6.45) is -1.89. The molecule has 0 bridgehead atoms. The first-order chi connectivity index (χ1) is 17.3. The molecule has 0 saturated heterocycles. The molecule has 2 rings (SSSR count). The molecule has 0 spiro atoms. The number of H-pyrrole nitrogens is 1. The highest BCUT2D eigenvalue weighted by molar-refractivity contribution is 6.90. The average molecular weight is 541 g/mol. The predicted molar refractivity (Wildman–Crippen MR) is 157 cm³/mol. The van der Waals surface area contributed by atoms with Crippen molar-refractivity contribution >= 4 is 37.0 Å². The summed E-state index contributed by atoms with van der Waals surface area (Å²) >= 11 is 0. The Labute approximate surface area is 228 Å². The standard InChI is InChI=1S/C30H44N2O5Si/c1-19(2)38(20(3)4,21(5)6)17-16-22-14-13-15-23-26(22)24(33)18-25(31-23)32(27(34)36-29(7,8)9)28(35)37-30(10,11)12/h13-15,18-21H,1-12H3,(H,31,33). The largest absolute Gasteiger partial charge is 0.443 e. The lowest BCUT2D eigenvalue weighted by atomic mass is 10.1. The lowest BCUT2D eigenvalue weighted by Crippen LogP contribution is -2.44. The first-order valence-corrected chi connectivity index (χ1v) is 15.5. The summed E-state index contributed by atoms with van der Waals surface area (Å²) in [5.74, 6) is 3.33. The first kappa shape index (κ1) is 31.2. The number of nitrogens with one attached hydrogen (secondary N) is 1. The molecule has 1 aromatic carbocycles. The number of aromatic nitrogens is 1. The number of ether oxygens (including phenoxy) is 2. The normalized spacial score (nSPS) is 12.5. The second-order valence-electron chi connectivity index (χ2n) is 12.7. The Morgan fingerprint density at radius 2 is 1.34 bits per heavy atom. The van der Waals surface area contributed by atoms with Crippen molar-refractivity contribution in [1.82, 2.24) is 4.98 Å². The maximum Gasteiger partial charge on any atom is 0.425 e. The number of hydrogen-bond acceptors (Lipinski definition) is 5. The fourth-order valence-corrected chi connectivity index (χ4v) is 10.2. The molecule has 0 aliphatic carbocycles. The quantitative estimate of drug-likeness (QED) is 0.316. The zero-order chi connectivity index (χ0) is 29.2. The third-order valence-corrected chi connectivity index (χ3v) is 12.8. The average Bonchev–Trinajstić information content (AvgIpc) is 2.70. The molecule has 2 amide bonds. The van der Waals surface area contributed by atoms with Gasteiger partial charge in [-0.3, -0.25) is 4.79 Å². The topological polar surface area (TPSA) is 88.7 Å². The van der Waals surface area contributed by atoms with Gasteiger partial charge in [-0.05, 0) is 70.3 Å². The Morgan fingerprint density at radius 3 is 1.76 bits per heavy atom. The Morgan fingerprint density at radius 1 is 0.868 bits per heavy atom. The van der Waals surface area contributed by atoms with Crippen molar-refractivity contribution in [1.29, 1.82) is 0 Å². The molecular formula is C30H44N2O5Si. The SMILES string of the molecule is CC(C)[Si](C#Cc1cccc2[nH]c(N(C(=O)OC(C)(C)C)C(=O)OC(C)(C)C)cc(=O)c12)(C(C)C)C(C)C. The van der Waals surface area contributed by atoms with Gasteiger partial charge in [0, 0.05) is 11.6 Å². The molecule has 0 radical (unpaired) electrons. The van der Waals surface area contributed by atoms with E-state index in [0.717, 1.165) is 4.90 Å². The van der Waals surface area contributed by atoms with Crippen LogP contribution in [0.15, 0.2) is 29.1 Å². The molecule has 0 atom stereocenters. The van der Waals surface area contributed by atoms with Crippen molar-refractivity contribution < 1.29 is 19.1 Å². The molecule has 1 N–H and O–H groups in total. The number of pyridine rings is 1. The molecule has 1 heterocycles. The van der Waals surface area contributed by atoms with Gasteiger partial charge in [-0.2, -0.15) is 4.90 Å². The number of rotatable bonds is 4. The van der Waals surface area contributed by atoms with E-state index in [-0.39, 0.29) is 11.2 Å². The van der Waals surface area contributed by atoms with Crippen LogP contribution in [0.4, 0.5) is 15.4 Å². The van der Waals surface area contributed by atoms with Gasteiger partial charge in [0.1, 0.15) is 25.1 Å². The van der Waals surface area contributed by atoms with Gasteiger partial charge in [-0.1, -0.05) is 53.5 Å². The van der Waals surface area contributed by atoms with Crippen LogP contribution in [-0.4, -0.2) is 36.4 Å². The maximum atomic E-state index is 13.5.